The number of aryl methyl sites for hydroxylation is 1. The Bertz CT molecular complexity index is 575. The molecule has 0 spiro atoms. The van der Waals surface area contributed by atoms with Crippen LogP contribution in [0.1, 0.15) is 25.5 Å². The highest BCUT2D eigenvalue weighted by molar-refractivity contribution is 7.13. The van der Waals surface area contributed by atoms with Crippen molar-refractivity contribution in [2.75, 3.05) is 5.32 Å². The number of benzene rings is 1. The zero-order valence-corrected chi connectivity index (χ0v) is 12.5. The molecule has 0 aliphatic carbocycles. The van der Waals surface area contributed by atoms with Crippen LogP contribution in [0.4, 0.5) is 5.69 Å². The first-order valence-corrected chi connectivity index (χ1v) is 7.50. The van der Waals surface area contributed by atoms with E-state index < -0.39 is 0 Å². The summed E-state index contributed by atoms with van der Waals surface area (Å²) in [5.41, 5.74) is 8.53. The quantitative estimate of drug-likeness (QED) is 0.888. The van der Waals surface area contributed by atoms with Crippen molar-refractivity contribution in [1.29, 1.82) is 0 Å². The molecule has 3 N–H and O–H groups in total. The topological polar surface area (TPSA) is 68.0 Å². The summed E-state index contributed by atoms with van der Waals surface area (Å²) in [6.07, 6.45) is 1.15. The maximum atomic E-state index is 11.7. The fourth-order valence-corrected chi connectivity index (χ4v) is 2.57. The van der Waals surface area contributed by atoms with Gasteiger partial charge in [0.2, 0.25) is 5.91 Å². The molecule has 4 nitrogen and oxygen atoms in total. The van der Waals surface area contributed by atoms with Gasteiger partial charge in [0.05, 0.1) is 0 Å². The van der Waals surface area contributed by atoms with Crippen LogP contribution >= 0.6 is 11.3 Å². The predicted molar refractivity (Wildman–Crippen MR) is 83.8 cm³/mol. The normalized spacial score (nSPS) is 12.2. The monoisotopic (exact) mass is 289 g/mol. The van der Waals surface area contributed by atoms with Crippen LogP contribution in [0.25, 0.3) is 10.6 Å². The highest BCUT2D eigenvalue weighted by atomic mass is 32.1. The van der Waals surface area contributed by atoms with Crippen LogP contribution in [0.15, 0.2) is 29.6 Å². The van der Waals surface area contributed by atoms with Gasteiger partial charge in [-0.3, -0.25) is 4.79 Å². The molecule has 0 radical (unpaired) electrons. The molecule has 20 heavy (non-hydrogen) atoms. The summed E-state index contributed by atoms with van der Waals surface area (Å²) in [4.78, 5) is 16.1. The Morgan fingerprint density at radius 2 is 2.10 bits per heavy atom. The fourth-order valence-electron chi connectivity index (χ4n) is 1.76. The number of carbonyl (C=O) groups excluding carboxylic acids is 1. The van der Waals surface area contributed by atoms with Gasteiger partial charge in [-0.25, -0.2) is 4.98 Å². The Morgan fingerprint density at radius 3 is 2.65 bits per heavy atom. The van der Waals surface area contributed by atoms with Crippen molar-refractivity contribution in [2.24, 2.45) is 5.73 Å². The summed E-state index contributed by atoms with van der Waals surface area (Å²) >= 11 is 1.62. The van der Waals surface area contributed by atoms with Gasteiger partial charge in [0, 0.05) is 34.8 Å². The SMILES string of the molecule is Cc1csc(-c2ccc(NC(=O)CCC(C)N)cc2)n1. The molecule has 5 heteroatoms. The van der Waals surface area contributed by atoms with Gasteiger partial charge in [-0.1, -0.05) is 0 Å². The summed E-state index contributed by atoms with van der Waals surface area (Å²) < 4.78 is 0. The van der Waals surface area contributed by atoms with Crippen LogP contribution < -0.4 is 11.1 Å². The summed E-state index contributed by atoms with van der Waals surface area (Å²) in [5.74, 6) is 0.000132. The zero-order valence-electron chi connectivity index (χ0n) is 11.7. The third kappa shape index (κ3) is 4.15. The van der Waals surface area contributed by atoms with Gasteiger partial charge in [0.25, 0.3) is 0 Å². The fraction of sp³-hybridized carbons (Fsp3) is 0.333. The molecule has 2 rings (SSSR count). The number of hydrogen-bond acceptors (Lipinski definition) is 4. The number of hydrogen-bond donors (Lipinski definition) is 2. The predicted octanol–water partition coefficient (Wildman–Crippen LogP) is 3.18. The second kappa shape index (κ2) is 6.63. The first kappa shape index (κ1) is 14.7. The lowest BCUT2D eigenvalue weighted by Gasteiger charge is -2.07. The lowest BCUT2D eigenvalue weighted by molar-refractivity contribution is -0.116. The van der Waals surface area contributed by atoms with Gasteiger partial charge in [-0.2, -0.15) is 0 Å². The number of thiazole rings is 1. The molecule has 106 valence electrons. The molecule has 1 aromatic heterocycles. The van der Waals surface area contributed by atoms with E-state index in [4.69, 9.17) is 5.73 Å². The van der Waals surface area contributed by atoms with Crippen LogP contribution in [0.3, 0.4) is 0 Å². The van der Waals surface area contributed by atoms with Crippen molar-refractivity contribution in [3.8, 4) is 10.6 Å². The third-order valence-electron chi connectivity index (χ3n) is 2.86. The van der Waals surface area contributed by atoms with Crippen molar-refractivity contribution in [3.63, 3.8) is 0 Å². The Hall–Kier alpha value is -1.72. The van der Waals surface area contributed by atoms with E-state index in [0.29, 0.717) is 12.8 Å². The average Bonchev–Trinajstić information content (AvgIpc) is 2.84. The third-order valence-corrected chi connectivity index (χ3v) is 3.87. The zero-order chi connectivity index (χ0) is 14.5. The standard InChI is InChI=1S/C15H19N3OS/c1-10(16)3-8-14(19)18-13-6-4-12(5-7-13)15-17-11(2)9-20-15/h4-7,9-10H,3,8,16H2,1-2H3,(H,18,19). The van der Waals surface area contributed by atoms with Gasteiger partial charge >= 0.3 is 0 Å². The second-order valence-corrected chi connectivity index (χ2v) is 5.79. The molecule has 2 aromatic rings. The lowest BCUT2D eigenvalue weighted by atomic mass is 10.2. The second-order valence-electron chi connectivity index (χ2n) is 4.94. The maximum Gasteiger partial charge on any atom is 0.224 e. The smallest absolute Gasteiger partial charge is 0.224 e. The lowest BCUT2D eigenvalue weighted by Crippen LogP contribution is -2.19. The van der Waals surface area contributed by atoms with E-state index in [1.807, 2.05) is 43.5 Å². The number of anilines is 1. The van der Waals surface area contributed by atoms with E-state index in [-0.39, 0.29) is 11.9 Å². The van der Waals surface area contributed by atoms with Crippen molar-refractivity contribution < 1.29 is 4.79 Å². The molecule has 0 saturated heterocycles. The number of nitrogens with one attached hydrogen (secondary N) is 1. The van der Waals surface area contributed by atoms with Crippen LogP contribution in [-0.2, 0) is 4.79 Å². The van der Waals surface area contributed by atoms with Crippen molar-refractivity contribution in [2.45, 2.75) is 32.7 Å². The van der Waals surface area contributed by atoms with E-state index in [1.165, 1.54) is 0 Å². The molecule has 1 heterocycles. The number of amides is 1. The molecule has 1 amide bonds. The summed E-state index contributed by atoms with van der Waals surface area (Å²) in [5, 5.41) is 5.89. The van der Waals surface area contributed by atoms with Crippen LogP contribution in [0.5, 0.6) is 0 Å². The van der Waals surface area contributed by atoms with Crippen LogP contribution in [-0.4, -0.2) is 16.9 Å². The molecule has 0 aliphatic rings. The molecule has 0 fully saturated rings. The number of rotatable bonds is 5. The largest absolute Gasteiger partial charge is 0.328 e. The molecule has 0 saturated carbocycles. The minimum Gasteiger partial charge on any atom is -0.328 e. The van der Waals surface area contributed by atoms with Crippen molar-refractivity contribution in [3.05, 3.63) is 35.3 Å². The number of nitrogens with two attached hydrogens (primary N) is 1. The molecule has 0 bridgehead atoms. The minimum absolute atomic E-state index is 0.000132. The Morgan fingerprint density at radius 1 is 1.40 bits per heavy atom. The number of carbonyl (C=O) groups is 1. The van der Waals surface area contributed by atoms with Gasteiger partial charge in [0.1, 0.15) is 5.01 Å². The first-order chi connectivity index (χ1) is 9.54. The van der Waals surface area contributed by atoms with E-state index in [0.717, 1.165) is 22.0 Å². The molecular weight excluding hydrogens is 270 g/mol. The highest BCUT2D eigenvalue weighted by Crippen LogP contribution is 2.24. The van der Waals surface area contributed by atoms with E-state index in [1.54, 1.807) is 11.3 Å². The van der Waals surface area contributed by atoms with Crippen LogP contribution in [0, 0.1) is 6.92 Å². The highest BCUT2D eigenvalue weighted by Gasteiger charge is 2.06. The molecule has 1 atom stereocenters. The molecule has 1 unspecified atom stereocenters. The molecule has 1 aromatic carbocycles. The Labute approximate surface area is 123 Å². The Kier molecular flexibility index (Phi) is 4.87. The van der Waals surface area contributed by atoms with E-state index >= 15 is 0 Å². The van der Waals surface area contributed by atoms with Crippen LogP contribution in [0.2, 0.25) is 0 Å². The summed E-state index contributed by atoms with van der Waals surface area (Å²) in [7, 11) is 0. The van der Waals surface area contributed by atoms with Gasteiger partial charge in [0.15, 0.2) is 0 Å². The molecule has 0 aliphatic heterocycles. The molecular formula is C15H19N3OS. The van der Waals surface area contributed by atoms with Gasteiger partial charge in [-0.05, 0) is 44.5 Å². The van der Waals surface area contributed by atoms with E-state index in [9.17, 15) is 4.79 Å². The van der Waals surface area contributed by atoms with E-state index in [2.05, 4.69) is 10.3 Å². The Balaban J connectivity index is 1.96. The van der Waals surface area contributed by atoms with Gasteiger partial charge < -0.3 is 11.1 Å². The summed E-state index contributed by atoms with van der Waals surface area (Å²) in [6, 6.07) is 7.79. The maximum absolute atomic E-state index is 11.7. The van der Waals surface area contributed by atoms with Crippen molar-refractivity contribution >= 4 is 22.9 Å². The van der Waals surface area contributed by atoms with Gasteiger partial charge in [-0.15, -0.1) is 11.3 Å². The first-order valence-electron chi connectivity index (χ1n) is 6.62. The average molecular weight is 289 g/mol. The number of nitrogens with zero attached hydrogens (tertiary/aromatic N) is 1. The summed E-state index contributed by atoms with van der Waals surface area (Å²) in [6.45, 7) is 3.88. The number of aromatic nitrogens is 1. The minimum atomic E-state index is 0.000132. The van der Waals surface area contributed by atoms with Crippen molar-refractivity contribution in [1.82, 2.24) is 4.98 Å².